The predicted octanol–water partition coefficient (Wildman–Crippen LogP) is 2.76. The van der Waals surface area contributed by atoms with Crippen LogP contribution in [0.4, 0.5) is 0 Å². The van der Waals surface area contributed by atoms with Crippen molar-refractivity contribution in [1.29, 1.82) is 0 Å². The van der Waals surface area contributed by atoms with E-state index in [0.717, 1.165) is 18.4 Å². The van der Waals surface area contributed by atoms with Gasteiger partial charge in [-0.1, -0.05) is 24.9 Å². The highest BCUT2D eigenvalue weighted by Gasteiger charge is 2.10. The van der Waals surface area contributed by atoms with Crippen LogP contribution in [0.1, 0.15) is 32.3 Å². The van der Waals surface area contributed by atoms with Crippen molar-refractivity contribution in [3.63, 3.8) is 0 Å². The lowest BCUT2D eigenvalue weighted by Gasteiger charge is -2.14. The first kappa shape index (κ1) is 12.3. The van der Waals surface area contributed by atoms with Crippen LogP contribution in [-0.2, 0) is 6.54 Å². The smallest absolute Gasteiger partial charge is 0.233 e. The van der Waals surface area contributed by atoms with E-state index >= 15 is 0 Å². The molecule has 2 N–H and O–H groups in total. The summed E-state index contributed by atoms with van der Waals surface area (Å²) in [7, 11) is 0. The molecule has 1 aromatic rings. The Kier molecular flexibility index (Phi) is 4.85. The van der Waals surface area contributed by atoms with Crippen molar-refractivity contribution in [2.45, 2.75) is 39.3 Å². The SMILES string of the molecule is CCCC(C)Oc1nccc(CN)c1Cl. The molecule has 0 amide bonds. The molecule has 4 heteroatoms. The average Bonchev–Trinajstić information content (AvgIpc) is 2.21. The summed E-state index contributed by atoms with van der Waals surface area (Å²) in [5.74, 6) is 0.487. The lowest BCUT2D eigenvalue weighted by molar-refractivity contribution is 0.201. The Hall–Kier alpha value is -0.800. The molecule has 84 valence electrons. The van der Waals surface area contributed by atoms with Crippen molar-refractivity contribution >= 4 is 11.6 Å². The van der Waals surface area contributed by atoms with Crippen LogP contribution in [0.3, 0.4) is 0 Å². The highest BCUT2D eigenvalue weighted by Crippen LogP contribution is 2.26. The zero-order valence-corrected chi connectivity index (χ0v) is 9.92. The number of pyridine rings is 1. The van der Waals surface area contributed by atoms with Gasteiger partial charge in [0.1, 0.15) is 5.02 Å². The van der Waals surface area contributed by atoms with E-state index in [-0.39, 0.29) is 6.10 Å². The molecular formula is C11H17ClN2O. The molecule has 0 spiro atoms. The van der Waals surface area contributed by atoms with Gasteiger partial charge in [0.25, 0.3) is 0 Å². The van der Waals surface area contributed by atoms with Crippen LogP contribution in [0.15, 0.2) is 12.3 Å². The van der Waals surface area contributed by atoms with E-state index in [2.05, 4.69) is 11.9 Å². The van der Waals surface area contributed by atoms with Gasteiger partial charge >= 0.3 is 0 Å². The minimum Gasteiger partial charge on any atom is -0.474 e. The Morgan fingerprint density at radius 1 is 1.60 bits per heavy atom. The summed E-state index contributed by atoms with van der Waals surface area (Å²) < 4.78 is 5.63. The highest BCUT2D eigenvalue weighted by atomic mass is 35.5. The Balaban J connectivity index is 2.76. The third kappa shape index (κ3) is 3.36. The third-order valence-electron chi connectivity index (χ3n) is 2.17. The summed E-state index contributed by atoms with van der Waals surface area (Å²) in [5, 5.41) is 0.531. The van der Waals surface area contributed by atoms with Gasteiger partial charge in [-0.05, 0) is 25.0 Å². The molecule has 3 nitrogen and oxygen atoms in total. The maximum Gasteiger partial charge on any atom is 0.233 e. The number of nitrogens with two attached hydrogens (primary N) is 1. The molecule has 1 unspecified atom stereocenters. The molecule has 0 fully saturated rings. The molecule has 0 aliphatic carbocycles. The Bertz CT molecular complexity index is 317. The Morgan fingerprint density at radius 3 is 2.93 bits per heavy atom. The number of aromatic nitrogens is 1. The van der Waals surface area contributed by atoms with E-state index < -0.39 is 0 Å². The second kappa shape index (κ2) is 5.93. The molecule has 1 aromatic heterocycles. The summed E-state index contributed by atoms with van der Waals surface area (Å²) in [6, 6.07) is 1.81. The monoisotopic (exact) mass is 228 g/mol. The van der Waals surface area contributed by atoms with Crippen LogP contribution in [0.2, 0.25) is 5.02 Å². The molecule has 0 radical (unpaired) electrons. The largest absolute Gasteiger partial charge is 0.474 e. The van der Waals surface area contributed by atoms with Gasteiger partial charge in [0.15, 0.2) is 0 Å². The number of halogens is 1. The fraction of sp³-hybridized carbons (Fsp3) is 0.545. The molecule has 0 saturated heterocycles. The second-order valence-corrected chi connectivity index (χ2v) is 3.89. The molecule has 0 bridgehead atoms. The van der Waals surface area contributed by atoms with Crippen LogP contribution in [0, 0.1) is 0 Å². The van der Waals surface area contributed by atoms with E-state index in [1.165, 1.54) is 0 Å². The topological polar surface area (TPSA) is 48.1 Å². The van der Waals surface area contributed by atoms with Gasteiger partial charge in [-0.15, -0.1) is 0 Å². The van der Waals surface area contributed by atoms with Crippen molar-refractivity contribution in [2.24, 2.45) is 5.73 Å². The van der Waals surface area contributed by atoms with E-state index in [1.807, 2.05) is 6.92 Å². The molecule has 0 aromatic carbocycles. The number of nitrogens with zero attached hydrogens (tertiary/aromatic N) is 1. The van der Waals surface area contributed by atoms with Gasteiger partial charge in [0, 0.05) is 12.7 Å². The molecule has 1 atom stereocenters. The van der Waals surface area contributed by atoms with Crippen LogP contribution in [-0.4, -0.2) is 11.1 Å². The summed E-state index contributed by atoms with van der Waals surface area (Å²) in [6.45, 7) is 4.53. The van der Waals surface area contributed by atoms with E-state index in [9.17, 15) is 0 Å². The minimum atomic E-state index is 0.132. The maximum absolute atomic E-state index is 6.09. The quantitative estimate of drug-likeness (QED) is 0.843. The summed E-state index contributed by atoms with van der Waals surface area (Å²) in [4.78, 5) is 4.10. The van der Waals surface area contributed by atoms with E-state index in [1.54, 1.807) is 12.3 Å². The Morgan fingerprint density at radius 2 is 2.33 bits per heavy atom. The molecule has 1 rings (SSSR count). The highest BCUT2D eigenvalue weighted by molar-refractivity contribution is 6.32. The zero-order valence-electron chi connectivity index (χ0n) is 9.16. The van der Waals surface area contributed by atoms with Crippen molar-refractivity contribution in [1.82, 2.24) is 4.98 Å². The second-order valence-electron chi connectivity index (χ2n) is 3.51. The molecule has 1 heterocycles. The first-order valence-electron chi connectivity index (χ1n) is 5.19. The van der Waals surface area contributed by atoms with E-state index in [0.29, 0.717) is 17.4 Å². The lowest BCUT2D eigenvalue weighted by atomic mass is 10.2. The van der Waals surface area contributed by atoms with Crippen molar-refractivity contribution < 1.29 is 4.74 Å². The predicted molar refractivity (Wildman–Crippen MR) is 62.1 cm³/mol. The van der Waals surface area contributed by atoms with Crippen LogP contribution < -0.4 is 10.5 Å². The number of hydrogen-bond donors (Lipinski definition) is 1. The van der Waals surface area contributed by atoms with Gasteiger partial charge in [0.2, 0.25) is 5.88 Å². The first-order valence-corrected chi connectivity index (χ1v) is 5.57. The van der Waals surface area contributed by atoms with Crippen molar-refractivity contribution in [2.75, 3.05) is 0 Å². The molecule has 0 saturated carbocycles. The standard InChI is InChI=1S/C11H17ClN2O/c1-3-4-8(2)15-11-10(12)9(7-13)5-6-14-11/h5-6,8H,3-4,7,13H2,1-2H3. The Labute approximate surface area is 95.6 Å². The summed E-state index contributed by atoms with van der Waals surface area (Å²) >= 11 is 6.09. The van der Waals surface area contributed by atoms with Gasteiger partial charge in [0.05, 0.1) is 6.10 Å². The molecular weight excluding hydrogens is 212 g/mol. The van der Waals surface area contributed by atoms with Crippen LogP contribution >= 0.6 is 11.6 Å². The maximum atomic E-state index is 6.09. The van der Waals surface area contributed by atoms with Gasteiger partial charge in [-0.25, -0.2) is 4.98 Å². The summed E-state index contributed by atoms with van der Waals surface area (Å²) in [6.07, 6.45) is 3.87. The molecule has 0 aliphatic heterocycles. The van der Waals surface area contributed by atoms with Gasteiger partial charge in [-0.2, -0.15) is 0 Å². The normalized spacial score (nSPS) is 12.5. The zero-order chi connectivity index (χ0) is 11.3. The minimum absolute atomic E-state index is 0.132. The lowest BCUT2D eigenvalue weighted by Crippen LogP contribution is -2.13. The van der Waals surface area contributed by atoms with Gasteiger partial charge in [-0.3, -0.25) is 0 Å². The first-order chi connectivity index (χ1) is 7.19. The molecule has 0 aliphatic rings. The van der Waals surface area contributed by atoms with E-state index in [4.69, 9.17) is 22.1 Å². The van der Waals surface area contributed by atoms with Crippen LogP contribution in [0.5, 0.6) is 5.88 Å². The van der Waals surface area contributed by atoms with Crippen LogP contribution in [0.25, 0.3) is 0 Å². The fourth-order valence-corrected chi connectivity index (χ4v) is 1.59. The van der Waals surface area contributed by atoms with Gasteiger partial charge < -0.3 is 10.5 Å². The number of ether oxygens (including phenoxy) is 1. The number of rotatable bonds is 5. The molecule has 15 heavy (non-hydrogen) atoms. The third-order valence-corrected chi connectivity index (χ3v) is 2.57. The number of hydrogen-bond acceptors (Lipinski definition) is 3. The fourth-order valence-electron chi connectivity index (χ4n) is 1.36. The van der Waals surface area contributed by atoms with Crippen molar-refractivity contribution in [3.8, 4) is 5.88 Å². The average molecular weight is 229 g/mol. The summed E-state index contributed by atoms with van der Waals surface area (Å²) in [5.41, 5.74) is 6.41. The van der Waals surface area contributed by atoms with Crippen molar-refractivity contribution in [3.05, 3.63) is 22.8 Å².